The molecule has 0 aliphatic rings. The molecule has 132 valence electrons. The lowest BCUT2D eigenvalue weighted by Crippen LogP contribution is -2.31. The molecule has 2 aromatic carbocycles. The number of carboxylic acids is 1. The normalized spacial score (nSPS) is 12.5. The van der Waals surface area contributed by atoms with Gasteiger partial charge in [-0.15, -0.1) is 0 Å². The van der Waals surface area contributed by atoms with Gasteiger partial charge in [-0.25, -0.2) is 4.79 Å². The van der Waals surface area contributed by atoms with Crippen molar-refractivity contribution in [1.82, 2.24) is 0 Å². The van der Waals surface area contributed by atoms with Crippen molar-refractivity contribution in [3.63, 3.8) is 0 Å². The number of aliphatic carboxylic acids is 1. The van der Waals surface area contributed by atoms with Gasteiger partial charge in [0.05, 0.1) is 5.56 Å². The van der Waals surface area contributed by atoms with Crippen LogP contribution in [0.4, 0.5) is 0 Å². The molecule has 0 bridgehead atoms. The Balaban J connectivity index is 2.14. The molecule has 0 radical (unpaired) electrons. The van der Waals surface area contributed by atoms with Crippen LogP contribution < -0.4 is 5.11 Å². The zero-order chi connectivity index (χ0) is 18.6. The van der Waals surface area contributed by atoms with Crippen LogP contribution >= 0.6 is 15.9 Å². The van der Waals surface area contributed by atoms with Crippen molar-refractivity contribution in [3.8, 4) is 0 Å². The first-order valence-corrected chi connectivity index (χ1v) is 8.73. The average Bonchev–Trinajstić information content (AvgIpc) is 2.52. The fourth-order valence-corrected chi connectivity index (χ4v) is 2.65. The highest BCUT2D eigenvalue weighted by Gasteiger charge is 2.18. The largest absolute Gasteiger partial charge is 0.549 e. The molecule has 0 aliphatic carbocycles. The molecule has 0 aliphatic heterocycles. The monoisotopic (exact) mass is 403 g/mol. The minimum Gasteiger partial charge on any atom is -0.549 e. The topological polar surface area (TPSA) is 66.4 Å². The quantitative estimate of drug-likeness (QED) is 0.716. The van der Waals surface area contributed by atoms with Crippen LogP contribution in [0.2, 0.25) is 0 Å². The van der Waals surface area contributed by atoms with E-state index in [1.165, 1.54) is 0 Å². The lowest BCUT2D eigenvalue weighted by atomic mass is 9.92. The molecule has 0 saturated carbocycles. The molecular formula is C20H20BrO4-. The highest BCUT2D eigenvalue weighted by molar-refractivity contribution is 9.10. The molecule has 2 rings (SSSR count). The van der Waals surface area contributed by atoms with Crippen molar-refractivity contribution in [2.24, 2.45) is 0 Å². The van der Waals surface area contributed by atoms with Gasteiger partial charge in [0.1, 0.15) is 5.60 Å². The van der Waals surface area contributed by atoms with E-state index in [1.54, 1.807) is 48.5 Å². The Kier molecular flexibility index (Phi) is 6.01. The van der Waals surface area contributed by atoms with Crippen LogP contribution in [0, 0.1) is 0 Å². The number of rotatable bonds is 5. The van der Waals surface area contributed by atoms with Crippen LogP contribution in [-0.4, -0.2) is 17.5 Å². The Labute approximate surface area is 156 Å². The summed E-state index contributed by atoms with van der Waals surface area (Å²) in [5.41, 5.74) is 1.37. The van der Waals surface area contributed by atoms with Gasteiger partial charge in [0.15, 0.2) is 0 Å². The molecule has 25 heavy (non-hydrogen) atoms. The summed E-state index contributed by atoms with van der Waals surface area (Å²) in [4.78, 5) is 23.5. The Bertz CT molecular complexity index is 743. The number of hydrogen-bond acceptors (Lipinski definition) is 4. The van der Waals surface area contributed by atoms with Crippen LogP contribution in [0.15, 0.2) is 53.0 Å². The standard InChI is InChI=1S/C20H21BrO4/c1-20(2,3)25-19(24)15-6-4-13(5-7-15)12-17(18(22)23)14-8-10-16(21)11-9-14/h4-11,17H,12H2,1-3H3,(H,22,23)/p-1. The fourth-order valence-electron chi connectivity index (χ4n) is 2.38. The summed E-state index contributed by atoms with van der Waals surface area (Å²) in [6.07, 6.45) is 0.290. The van der Waals surface area contributed by atoms with E-state index >= 15 is 0 Å². The van der Waals surface area contributed by atoms with Crippen LogP contribution in [0.25, 0.3) is 0 Å². The van der Waals surface area contributed by atoms with Crippen molar-refractivity contribution in [1.29, 1.82) is 0 Å². The molecule has 0 aromatic heterocycles. The SMILES string of the molecule is CC(C)(C)OC(=O)c1ccc(CC(C(=O)[O-])c2ccc(Br)cc2)cc1. The van der Waals surface area contributed by atoms with E-state index in [-0.39, 0.29) is 0 Å². The van der Waals surface area contributed by atoms with Gasteiger partial charge < -0.3 is 14.6 Å². The van der Waals surface area contributed by atoms with Crippen LogP contribution in [-0.2, 0) is 16.0 Å². The third-order valence-electron chi connectivity index (χ3n) is 3.59. The number of ether oxygens (including phenoxy) is 1. The van der Waals surface area contributed by atoms with E-state index in [0.717, 1.165) is 10.0 Å². The van der Waals surface area contributed by atoms with E-state index in [9.17, 15) is 14.7 Å². The maximum atomic E-state index is 12.0. The van der Waals surface area contributed by atoms with Crippen LogP contribution in [0.3, 0.4) is 0 Å². The molecule has 0 fully saturated rings. The summed E-state index contributed by atoms with van der Waals surface area (Å²) >= 11 is 3.33. The highest BCUT2D eigenvalue weighted by Crippen LogP contribution is 2.23. The molecule has 1 unspecified atom stereocenters. The fraction of sp³-hybridized carbons (Fsp3) is 0.300. The second-order valence-corrected chi connectivity index (χ2v) is 7.74. The van der Waals surface area contributed by atoms with Crippen molar-refractivity contribution >= 4 is 27.9 Å². The third kappa shape index (κ3) is 5.71. The molecule has 0 heterocycles. The maximum absolute atomic E-state index is 12.0. The number of halogens is 1. The van der Waals surface area contributed by atoms with Crippen LogP contribution in [0.1, 0.15) is 48.2 Å². The lowest BCUT2D eigenvalue weighted by molar-refractivity contribution is -0.308. The smallest absolute Gasteiger partial charge is 0.338 e. The second-order valence-electron chi connectivity index (χ2n) is 6.83. The minimum atomic E-state index is -1.13. The van der Waals surface area contributed by atoms with Gasteiger partial charge in [-0.05, 0) is 62.6 Å². The average molecular weight is 404 g/mol. The van der Waals surface area contributed by atoms with Gasteiger partial charge in [-0.2, -0.15) is 0 Å². The molecule has 1 atom stereocenters. The Morgan fingerprint density at radius 1 is 1.04 bits per heavy atom. The molecule has 2 aromatic rings. The summed E-state index contributed by atoms with van der Waals surface area (Å²) in [6, 6.07) is 13.9. The Morgan fingerprint density at radius 2 is 1.60 bits per heavy atom. The van der Waals surface area contributed by atoms with Gasteiger partial charge in [0.25, 0.3) is 0 Å². The van der Waals surface area contributed by atoms with Gasteiger partial charge >= 0.3 is 5.97 Å². The molecule has 0 amide bonds. The van der Waals surface area contributed by atoms with Gasteiger partial charge in [0.2, 0.25) is 0 Å². The van der Waals surface area contributed by atoms with E-state index in [4.69, 9.17) is 4.74 Å². The second kappa shape index (κ2) is 7.83. The summed E-state index contributed by atoms with van der Waals surface area (Å²) in [6.45, 7) is 5.42. The van der Waals surface area contributed by atoms with Crippen molar-refractivity contribution in [2.75, 3.05) is 0 Å². The van der Waals surface area contributed by atoms with Crippen LogP contribution in [0.5, 0.6) is 0 Å². The summed E-state index contributed by atoms with van der Waals surface area (Å²) in [5.74, 6) is -2.28. The predicted octanol–water partition coefficient (Wildman–Crippen LogP) is 3.48. The third-order valence-corrected chi connectivity index (χ3v) is 4.11. The summed E-state index contributed by atoms with van der Waals surface area (Å²) in [7, 11) is 0. The van der Waals surface area contributed by atoms with E-state index in [1.807, 2.05) is 20.8 Å². The zero-order valence-corrected chi connectivity index (χ0v) is 16.0. The van der Waals surface area contributed by atoms with Gasteiger partial charge in [-0.3, -0.25) is 0 Å². The number of carbonyl (C=O) groups is 2. The van der Waals surface area contributed by atoms with E-state index < -0.39 is 23.5 Å². The lowest BCUT2D eigenvalue weighted by Gasteiger charge is -2.20. The first kappa shape index (κ1) is 19.2. The molecule has 0 spiro atoms. The first-order valence-electron chi connectivity index (χ1n) is 7.94. The number of carbonyl (C=O) groups excluding carboxylic acids is 2. The molecular weight excluding hydrogens is 384 g/mol. The van der Waals surface area contributed by atoms with Gasteiger partial charge in [-0.1, -0.05) is 40.2 Å². The van der Waals surface area contributed by atoms with E-state index in [0.29, 0.717) is 17.5 Å². The predicted molar refractivity (Wildman–Crippen MR) is 97.2 cm³/mol. The van der Waals surface area contributed by atoms with Gasteiger partial charge in [0, 0.05) is 16.4 Å². The Morgan fingerprint density at radius 3 is 2.08 bits per heavy atom. The summed E-state index contributed by atoms with van der Waals surface area (Å²) < 4.78 is 6.20. The first-order chi connectivity index (χ1) is 11.7. The number of hydrogen-bond donors (Lipinski definition) is 0. The van der Waals surface area contributed by atoms with Crippen molar-refractivity contribution in [2.45, 2.75) is 38.7 Å². The summed E-state index contributed by atoms with van der Waals surface area (Å²) in [5, 5.41) is 11.5. The van der Waals surface area contributed by atoms with E-state index in [2.05, 4.69) is 15.9 Å². The molecule has 0 saturated heterocycles. The van der Waals surface area contributed by atoms with Crippen molar-refractivity contribution in [3.05, 3.63) is 69.7 Å². The highest BCUT2D eigenvalue weighted by atomic mass is 79.9. The minimum absolute atomic E-state index is 0.290. The number of benzene rings is 2. The maximum Gasteiger partial charge on any atom is 0.338 e. The number of esters is 1. The molecule has 5 heteroatoms. The zero-order valence-electron chi connectivity index (χ0n) is 14.4. The molecule has 4 nitrogen and oxygen atoms in total. The Hall–Kier alpha value is -2.14. The number of carboxylic acid groups (broad SMARTS) is 1. The molecule has 0 N–H and O–H groups in total. The van der Waals surface area contributed by atoms with Crippen molar-refractivity contribution < 1.29 is 19.4 Å².